The Morgan fingerprint density at radius 3 is 2.29 bits per heavy atom. The maximum Gasteiger partial charge on any atom is 0.235 e. The zero-order valence-corrected chi connectivity index (χ0v) is 14.3. The highest BCUT2D eigenvalue weighted by molar-refractivity contribution is 5.99. The van der Waals surface area contributed by atoms with Gasteiger partial charge in [-0.15, -0.1) is 0 Å². The summed E-state index contributed by atoms with van der Waals surface area (Å²) in [7, 11) is 0. The first-order valence-corrected chi connectivity index (χ1v) is 8.84. The first kappa shape index (κ1) is 16.6. The van der Waals surface area contributed by atoms with Crippen molar-refractivity contribution in [3.8, 4) is 5.75 Å². The van der Waals surface area contributed by atoms with E-state index in [1.807, 2.05) is 49.4 Å². The second kappa shape index (κ2) is 7.52. The molecule has 0 saturated heterocycles. The summed E-state index contributed by atoms with van der Waals surface area (Å²) < 4.78 is 5.46. The molecule has 3 nitrogen and oxygen atoms in total. The summed E-state index contributed by atoms with van der Waals surface area (Å²) in [5, 5.41) is 3.13. The van der Waals surface area contributed by atoms with E-state index in [4.69, 9.17) is 4.74 Å². The van der Waals surface area contributed by atoms with Gasteiger partial charge in [-0.2, -0.15) is 0 Å². The normalized spacial score (nSPS) is 16.4. The minimum atomic E-state index is -0.405. The number of rotatable bonds is 5. The monoisotopic (exact) mass is 323 g/mol. The van der Waals surface area contributed by atoms with Gasteiger partial charge in [-0.3, -0.25) is 4.79 Å². The Bertz CT molecular complexity index is 658. The Kier molecular flexibility index (Phi) is 5.19. The molecule has 3 heteroatoms. The standard InChI is InChI=1S/C21H25NO2/c1-2-24-19-13-11-18(12-14-19)22-20(23)21(15-7-4-8-16-21)17-9-5-3-6-10-17/h3,5-6,9-14H,2,4,7-8,15-16H2,1H3,(H,22,23). The van der Waals surface area contributed by atoms with Crippen molar-refractivity contribution in [2.24, 2.45) is 0 Å². The van der Waals surface area contributed by atoms with E-state index in [1.165, 1.54) is 6.42 Å². The number of nitrogens with one attached hydrogen (secondary N) is 1. The predicted octanol–water partition coefficient (Wildman–Crippen LogP) is 4.93. The van der Waals surface area contributed by atoms with Crippen molar-refractivity contribution in [2.45, 2.75) is 44.4 Å². The van der Waals surface area contributed by atoms with Crippen molar-refractivity contribution in [3.05, 3.63) is 60.2 Å². The number of carbonyl (C=O) groups is 1. The van der Waals surface area contributed by atoms with Crippen LogP contribution < -0.4 is 10.1 Å². The summed E-state index contributed by atoms with van der Waals surface area (Å²) in [6.07, 6.45) is 5.25. The van der Waals surface area contributed by atoms with E-state index < -0.39 is 5.41 Å². The van der Waals surface area contributed by atoms with E-state index in [0.717, 1.165) is 42.7 Å². The van der Waals surface area contributed by atoms with Crippen molar-refractivity contribution >= 4 is 11.6 Å². The van der Waals surface area contributed by atoms with E-state index in [0.29, 0.717) is 6.61 Å². The third-order valence-corrected chi connectivity index (χ3v) is 4.89. The predicted molar refractivity (Wildman–Crippen MR) is 97.4 cm³/mol. The van der Waals surface area contributed by atoms with Crippen LogP contribution in [-0.4, -0.2) is 12.5 Å². The van der Waals surface area contributed by atoms with Crippen molar-refractivity contribution in [1.82, 2.24) is 0 Å². The summed E-state index contributed by atoms with van der Waals surface area (Å²) in [5.74, 6) is 0.934. The van der Waals surface area contributed by atoms with Crippen LogP contribution in [0.1, 0.15) is 44.6 Å². The second-order valence-corrected chi connectivity index (χ2v) is 6.42. The van der Waals surface area contributed by atoms with Crippen LogP contribution in [0.2, 0.25) is 0 Å². The molecule has 2 aromatic carbocycles. The van der Waals surface area contributed by atoms with Gasteiger partial charge < -0.3 is 10.1 Å². The number of amides is 1. The first-order chi connectivity index (χ1) is 11.7. The van der Waals surface area contributed by atoms with Crippen LogP contribution >= 0.6 is 0 Å². The van der Waals surface area contributed by atoms with Crippen LogP contribution in [0.5, 0.6) is 5.75 Å². The Morgan fingerprint density at radius 1 is 1.00 bits per heavy atom. The quantitative estimate of drug-likeness (QED) is 0.847. The number of anilines is 1. The molecule has 0 atom stereocenters. The molecule has 1 aliphatic rings. The van der Waals surface area contributed by atoms with E-state index in [-0.39, 0.29) is 5.91 Å². The number of benzene rings is 2. The molecule has 2 aromatic rings. The number of hydrogen-bond acceptors (Lipinski definition) is 2. The van der Waals surface area contributed by atoms with Gasteiger partial charge in [-0.1, -0.05) is 49.6 Å². The lowest BCUT2D eigenvalue weighted by Crippen LogP contribution is -2.42. The smallest absolute Gasteiger partial charge is 0.235 e. The van der Waals surface area contributed by atoms with E-state index in [1.54, 1.807) is 0 Å². The maximum absolute atomic E-state index is 13.2. The molecule has 24 heavy (non-hydrogen) atoms. The molecule has 0 aliphatic heterocycles. The average molecular weight is 323 g/mol. The van der Waals surface area contributed by atoms with E-state index in [2.05, 4.69) is 17.4 Å². The van der Waals surface area contributed by atoms with Crippen molar-refractivity contribution in [3.63, 3.8) is 0 Å². The SMILES string of the molecule is CCOc1ccc(NC(=O)C2(c3ccccc3)CCCCC2)cc1. The molecule has 1 fully saturated rings. The molecular weight excluding hydrogens is 298 g/mol. The number of hydrogen-bond donors (Lipinski definition) is 1. The fourth-order valence-corrected chi connectivity index (χ4v) is 3.61. The molecule has 0 radical (unpaired) electrons. The van der Waals surface area contributed by atoms with Gasteiger partial charge in [-0.05, 0) is 49.6 Å². The van der Waals surface area contributed by atoms with Gasteiger partial charge in [0, 0.05) is 5.69 Å². The minimum absolute atomic E-state index is 0.109. The molecule has 126 valence electrons. The summed E-state index contributed by atoms with van der Waals surface area (Å²) in [6.45, 7) is 2.60. The van der Waals surface area contributed by atoms with Gasteiger partial charge in [-0.25, -0.2) is 0 Å². The largest absolute Gasteiger partial charge is 0.494 e. The Labute approximate surface area is 144 Å². The van der Waals surface area contributed by atoms with Crippen LogP contribution in [0.25, 0.3) is 0 Å². The van der Waals surface area contributed by atoms with Gasteiger partial charge in [0.25, 0.3) is 0 Å². The van der Waals surface area contributed by atoms with Crippen LogP contribution in [0.3, 0.4) is 0 Å². The van der Waals surface area contributed by atoms with Crippen molar-refractivity contribution in [2.75, 3.05) is 11.9 Å². The Balaban J connectivity index is 1.81. The van der Waals surface area contributed by atoms with Gasteiger partial charge in [0.2, 0.25) is 5.91 Å². The summed E-state index contributed by atoms with van der Waals surface area (Å²) in [5.41, 5.74) is 1.55. The van der Waals surface area contributed by atoms with Crippen LogP contribution in [-0.2, 0) is 10.2 Å². The van der Waals surface area contributed by atoms with Crippen LogP contribution in [0, 0.1) is 0 Å². The highest BCUT2D eigenvalue weighted by Gasteiger charge is 2.40. The minimum Gasteiger partial charge on any atom is -0.494 e. The van der Waals surface area contributed by atoms with Gasteiger partial charge in [0.05, 0.1) is 12.0 Å². The second-order valence-electron chi connectivity index (χ2n) is 6.42. The Hall–Kier alpha value is -2.29. The topological polar surface area (TPSA) is 38.3 Å². The highest BCUT2D eigenvalue weighted by Crippen LogP contribution is 2.40. The molecule has 1 amide bonds. The third kappa shape index (κ3) is 3.45. The summed E-state index contributed by atoms with van der Waals surface area (Å²) >= 11 is 0. The van der Waals surface area contributed by atoms with E-state index >= 15 is 0 Å². The molecule has 3 rings (SSSR count). The lowest BCUT2D eigenvalue weighted by molar-refractivity contribution is -0.122. The molecule has 1 saturated carbocycles. The summed E-state index contributed by atoms with van der Waals surface area (Å²) in [4.78, 5) is 13.2. The molecule has 0 spiro atoms. The molecular formula is C21H25NO2. The lowest BCUT2D eigenvalue weighted by Gasteiger charge is -2.36. The maximum atomic E-state index is 13.2. The first-order valence-electron chi connectivity index (χ1n) is 8.84. The molecule has 0 bridgehead atoms. The molecule has 1 aliphatic carbocycles. The summed E-state index contributed by atoms with van der Waals surface area (Å²) in [6, 6.07) is 17.8. The lowest BCUT2D eigenvalue weighted by atomic mass is 9.68. The van der Waals surface area contributed by atoms with Gasteiger partial charge in [0.1, 0.15) is 5.75 Å². The van der Waals surface area contributed by atoms with Crippen molar-refractivity contribution in [1.29, 1.82) is 0 Å². The van der Waals surface area contributed by atoms with Crippen LogP contribution in [0.15, 0.2) is 54.6 Å². The number of carbonyl (C=O) groups excluding carboxylic acids is 1. The van der Waals surface area contributed by atoms with Crippen LogP contribution in [0.4, 0.5) is 5.69 Å². The molecule has 0 unspecified atom stereocenters. The van der Waals surface area contributed by atoms with E-state index in [9.17, 15) is 4.79 Å². The fourth-order valence-electron chi connectivity index (χ4n) is 3.61. The highest BCUT2D eigenvalue weighted by atomic mass is 16.5. The molecule has 0 aromatic heterocycles. The van der Waals surface area contributed by atoms with Crippen molar-refractivity contribution < 1.29 is 9.53 Å². The van der Waals surface area contributed by atoms with Gasteiger partial charge >= 0.3 is 0 Å². The average Bonchev–Trinajstić information content (AvgIpc) is 2.65. The fraction of sp³-hybridized carbons (Fsp3) is 0.381. The number of ether oxygens (including phenoxy) is 1. The zero-order valence-electron chi connectivity index (χ0n) is 14.3. The molecule has 1 N–H and O–H groups in total. The third-order valence-electron chi connectivity index (χ3n) is 4.89. The Morgan fingerprint density at radius 2 is 1.67 bits per heavy atom. The molecule has 0 heterocycles. The zero-order chi connectivity index (χ0) is 16.8. The van der Waals surface area contributed by atoms with Gasteiger partial charge in [0.15, 0.2) is 0 Å².